The highest BCUT2D eigenvalue weighted by Crippen LogP contribution is 2.31. The molecule has 0 atom stereocenters. The van der Waals surface area contributed by atoms with E-state index in [4.69, 9.17) is 23.2 Å². The number of carboxylic acids is 1. The number of nitrogens with zero attached hydrogens (tertiary/aromatic N) is 2. The first-order valence-electron chi connectivity index (χ1n) is 5.87. The van der Waals surface area contributed by atoms with E-state index in [9.17, 15) is 9.90 Å². The molecular weight excluding hydrogens is 287 g/mol. The van der Waals surface area contributed by atoms with Gasteiger partial charge in [-0.1, -0.05) is 23.2 Å². The predicted molar refractivity (Wildman–Crippen MR) is 72.6 cm³/mol. The largest absolute Gasteiger partial charge is 0.476 e. The van der Waals surface area contributed by atoms with Crippen molar-refractivity contribution in [2.75, 3.05) is 0 Å². The first-order valence-corrected chi connectivity index (χ1v) is 6.63. The van der Waals surface area contributed by atoms with Crippen molar-refractivity contribution >= 4 is 29.2 Å². The first-order chi connectivity index (χ1) is 9.08. The Hall–Kier alpha value is -1.52. The van der Waals surface area contributed by atoms with Gasteiger partial charge in [0.1, 0.15) is 0 Å². The number of aromatic nitrogens is 2. The van der Waals surface area contributed by atoms with Crippen LogP contribution in [-0.2, 0) is 12.8 Å². The molecule has 0 fully saturated rings. The molecule has 1 aliphatic carbocycles. The molecule has 1 aromatic heterocycles. The minimum absolute atomic E-state index is 0.114. The molecule has 98 valence electrons. The molecule has 3 rings (SSSR count). The minimum atomic E-state index is -1.00. The van der Waals surface area contributed by atoms with Crippen molar-refractivity contribution in [3.63, 3.8) is 0 Å². The fourth-order valence-electron chi connectivity index (χ4n) is 2.46. The van der Waals surface area contributed by atoms with Crippen molar-refractivity contribution in [1.82, 2.24) is 9.78 Å². The molecule has 6 heteroatoms. The molecule has 1 aromatic carbocycles. The number of hydrogen-bond acceptors (Lipinski definition) is 2. The van der Waals surface area contributed by atoms with Crippen molar-refractivity contribution in [3.05, 3.63) is 45.2 Å². The summed E-state index contributed by atoms with van der Waals surface area (Å²) in [7, 11) is 0. The number of carbonyl (C=O) groups is 1. The van der Waals surface area contributed by atoms with Crippen molar-refractivity contribution in [2.45, 2.75) is 19.3 Å². The summed E-state index contributed by atoms with van der Waals surface area (Å²) >= 11 is 12.1. The van der Waals surface area contributed by atoms with Crippen LogP contribution in [0.15, 0.2) is 18.2 Å². The van der Waals surface area contributed by atoms with Crippen LogP contribution in [0.2, 0.25) is 10.0 Å². The van der Waals surface area contributed by atoms with E-state index in [1.54, 1.807) is 22.9 Å². The van der Waals surface area contributed by atoms with Crippen molar-refractivity contribution in [1.29, 1.82) is 0 Å². The van der Waals surface area contributed by atoms with E-state index in [1.807, 2.05) is 0 Å². The van der Waals surface area contributed by atoms with E-state index in [2.05, 4.69) is 5.10 Å². The third kappa shape index (κ3) is 2.01. The summed E-state index contributed by atoms with van der Waals surface area (Å²) in [6.07, 6.45) is 2.49. The van der Waals surface area contributed by atoms with Crippen LogP contribution in [0.3, 0.4) is 0 Å². The number of benzene rings is 1. The highest BCUT2D eigenvalue weighted by Gasteiger charge is 2.27. The maximum atomic E-state index is 11.2. The molecule has 0 bridgehead atoms. The summed E-state index contributed by atoms with van der Waals surface area (Å²) in [5.41, 5.74) is 2.47. The molecule has 0 aliphatic heterocycles. The summed E-state index contributed by atoms with van der Waals surface area (Å²) in [6, 6.07) is 5.07. The highest BCUT2D eigenvalue weighted by atomic mass is 35.5. The Labute approximate surface area is 119 Å². The van der Waals surface area contributed by atoms with Gasteiger partial charge in [-0.2, -0.15) is 5.10 Å². The molecule has 2 aromatic rings. The molecule has 1 N–H and O–H groups in total. The Kier molecular flexibility index (Phi) is 2.99. The Balaban J connectivity index is 2.23. The SMILES string of the molecule is O=C(O)c1nn(-c2cc(Cl)ccc2Cl)c2c1CCC2. The van der Waals surface area contributed by atoms with Crippen molar-refractivity contribution in [3.8, 4) is 5.69 Å². The Morgan fingerprint density at radius 3 is 2.84 bits per heavy atom. The normalized spacial score (nSPS) is 13.6. The van der Waals surface area contributed by atoms with E-state index < -0.39 is 5.97 Å². The minimum Gasteiger partial charge on any atom is -0.476 e. The van der Waals surface area contributed by atoms with E-state index in [0.29, 0.717) is 15.7 Å². The van der Waals surface area contributed by atoms with Gasteiger partial charge in [-0.05, 0) is 37.5 Å². The molecule has 19 heavy (non-hydrogen) atoms. The molecule has 0 unspecified atom stereocenters. The number of halogens is 2. The van der Waals surface area contributed by atoms with Gasteiger partial charge < -0.3 is 5.11 Å². The number of hydrogen-bond donors (Lipinski definition) is 1. The van der Waals surface area contributed by atoms with Crippen molar-refractivity contribution < 1.29 is 9.90 Å². The lowest BCUT2D eigenvalue weighted by Crippen LogP contribution is -2.05. The highest BCUT2D eigenvalue weighted by molar-refractivity contribution is 6.34. The van der Waals surface area contributed by atoms with Gasteiger partial charge in [-0.25, -0.2) is 9.48 Å². The Morgan fingerprint density at radius 2 is 2.11 bits per heavy atom. The third-order valence-corrected chi connectivity index (χ3v) is 3.82. The Morgan fingerprint density at radius 1 is 1.32 bits per heavy atom. The molecule has 0 amide bonds. The second-order valence-electron chi connectivity index (χ2n) is 4.44. The predicted octanol–water partition coefficient (Wildman–Crippen LogP) is 3.37. The van der Waals surface area contributed by atoms with E-state index >= 15 is 0 Å². The van der Waals surface area contributed by atoms with Crippen LogP contribution in [0.5, 0.6) is 0 Å². The maximum absolute atomic E-state index is 11.2. The lowest BCUT2D eigenvalue weighted by Gasteiger charge is -2.08. The lowest BCUT2D eigenvalue weighted by molar-refractivity contribution is 0.0689. The summed E-state index contributed by atoms with van der Waals surface area (Å²) in [6.45, 7) is 0. The molecule has 4 nitrogen and oxygen atoms in total. The molecule has 0 saturated carbocycles. The van der Waals surface area contributed by atoms with Crippen LogP contribution in [-0.4, -0.2) is 20.9 Å². The number of rotatable bonds is 2. The molecule has 1 aliphatic rings. The first kappa shape index (κ1) is 12.5. The summed E-state index contributed by atoms with van der Waals surface area (Å²) in [5, 5.41) is 14.4. The van der Waals surface area contributed by atoms with Gasteiger partial charge in [0.25, 0.3) is 0 Å². The van der Waals surface area contributed by atoms with Gasteiger partial charge >= 0.3 is 5.97 Å². The zero-order valence-electron chi connectivity index (χ0n) is 9.86. The second kappa shape index (κ2) is 4.54. The number of carboxylic acid groups (broad SMARTS) is 1. The van der Waals surface area contributed by atoms with Crippen LogP contribution in [0, 0.1) is 0 Å². The van der Waals surface area contributed by atoms with E-state index in [1.165, 1.54) is 0 Å². The summed E-state index contributed by atoms with van der Waals surface area (Å²) in [5.74, 6) is -1.00. The number of aromatic carboxylic acids is 1. The van der Waals surface area contributed by atoms with Gasteiger partial charge in [0, 0.05) is 16.3 Å². The van der Waals surface area contributed by atoms with Crippen LogP contribution in [0.4, 0.5) is 0 Å². The average molecular weight is 297 g/mol. The van der Waals surface area contributed by atoms with E-state index in [-0.39, 0.29) is 5.69 Å². The topological polar surface area (TPSA) is 55.1 Å². The zero-order chi connectivity index (χ0) is 13.6. The summed E-state index contributed by atoms with van der Waals surface area (Å²) in [4.78, 5) is 11.2. The molecule has 0 saturated heterocycles. The van der Waals surface area contributed by atoms with Crippen LogP contribution in [0.25, 0.3) is 5.69 Å². The van der Waals surface area contributed by atoms with Gasteiger partial charge in [0.2, 0.25) is 0 Å². The molecular formula is C13H10Cl2N2O2. The molecule has 0 spiro atoms. The Bertz CT molecular complexity index is 680. The van der Waals surface area contributed by atoms with Crippen LogP contribution in [0.1, 0.15) is 28.2 Å². The van der Waals surface area contributed by atoms with E-state index in [0.717, 1.165) is 30.5 Å². The fraction of sp³-hybridized carbons (Fsp3) is 0.231. The third-order valence-electron chi connectivity index (χ3n) is 3.27. The monoisotopic (exact) mass is 296 g/mol. The average Bonchev–Trinajstić information content (AvgIpc) is 2.93. The van der Waals surface area contributed by atoms with Gasteiger partial charge in [-0.15, -0.1) is 0 Å². The molecule has 1 heterocycles. The second-order valence-corrected chi connectivity index (χ2v) is 5.28. The maximum Gasteiger partial charge on any atom is 0.356 e. The van der Waals surface area contributed by atoms with Crippen LogP contribution < -0.4 is 0 Å². The van der Waals surface area contributed by atoms with Gasteiger partial charge in [0.05, 0.1) is 10.7 Å². The lowest BCUT2D eigenvalue weighted by atomic mass is 10.2. The summed E-state index contributed by atoms with van der Waals surface area (Å²) < 4.78 is 1.61. The van der Waals surface area contributed by atoms with Gasteiger partial charge in [-0.3, -0.25) is 0 Å². The zero-order valence-corrected chi connectivity index (χ0v) is 11.4. The van der Waals surface area contributed by atoms with Crippen LogP contribution >= 0.6 is 23.2 Å². The van der Waals surface area contributed by atoms with Crippen molar-refractivity contribution in [2.24, 2.45) is 0 Å². The number of fused-ring (bicyclic) bond motifs is 1. The standard InChI is InChI=1S/C13H10Cl2N2O2/c14-7-4-5-9(15)11(6-7)17-10-3-1-2-8(10)12(16-17)13(18)19/h4-6H,1-3H2,(H,18,19). The quantitative estimate of drug-likeness (QED) is 0.924. The fourth-order valence-corrected chi connectivity index (χ4v) is 2.82. The molecule has 0 radical (unpaired) electrons. The van der Waals surface area contributed by atoms with Gasteiger partial charge in [0.15, 0.2) is 5.69 Å². The smallest absolute Gasteiger partial charge is 0.356 e.